The van der Waals surface area contributed by atoms with Crippen LogP contribution in [0.2, 0.25) is 0 Å². The zero-order chi connectivity index (χ0) is 12.0. The van der Waals surface area contributed by atoms with Gasteiger partial charge in [0.1, 0.15) is 0 Å². The molecule has 0 saturated heterocycles. The third-order valence-corrected chi connectivity index (χ3v) is 4.29. The molecular weight excluding hydrogens is 224 g/mol. The summed E-state index contributed by atoms with van der Waals surface area (Å²) in [6, 6.07) is 7.01. The van der Waals surface area contributed by atoms with E-state index < -0.39 is 9.84 Å². The quantitative estimate of drug-likeness (QED) is 0.774. The Kier molecular flexibility index (Phi) is 4.96. The molecule has 0 fully saturated rings. The van der Waals surface area contributed by atoms with Crippen molar-refractivity contribution >= 4 is 9.84 Å². The van der Waals surface area contributed by atoms with E-state index in [1.54, 1.807) is 19.1 Å². The van der Waals surface area contributed by atoms with E-state index in [0.29, 0.717) is 4.90 Å². The molecule has 0 aliphatic carbocycles. The van der Waals surface area contributed by atoms with E-state index in [1.807, 2.05) is 12.1 Å². The molecule has 0 saturated carbocycles. The molecule has 1 aromatic carbocycles. The minimum Gasteiger partial charge on any atom is -0.396 e. The van der Waals surface area contributed by atoms with Gasteiger partial charge in [-0.15, -0.1) is 0 Å². The molecule has 3 nitrogen and oxygen atoms in total. The number of unbranched alkanes of at least 4 members (excludes halogenated alkanes) is 1. The van der Waals surface area contributed by atoms with E-state index in [9.17, 15) is 8.42 Å². The maximum atomic E-state index is 11.5. The van der Waals surface area contributed by atoms with E-state index in [0.717, 1.165) is 24.8 Å². The predicted molar refractivity (Wildman–Crippen MR) is 64.2 cm³/mol. The van der Waals surface area contributed by atoms with Crippen molar-refractivity contribution in [2.45, 2.75) is 31.1 Å². The third-order valence-electron chi connectivity index (χ3n) is 2.54. The average Bonchev–Trinajstić information content (AvgIpc) is 2.30. The van der Waals surface area contributed by atoms with Crippen molar-refractivity contribution in [3.8, 4) is 0 Å². The van der Waals surface area contributed by atoms with Crippen LogP contribution in [0.3, 0.4) is 0 Å². The number of aryl methyl sites for hydroxylation is 1. The molecule has 0 bridgehead atoms. The lowest BCUT2D eigenvalue weighted by molar-refractivity contribution is 0.284. The van der Waals surface area contributed by atoms with Crippen molar-refractivity contribution < 1.29 is 13.5 Å². The first-order valence-electron chi connectivity index (χ1n) is 5.52. The van der Waals surface area contributed by atoms with Gasteiger partial charge in [0.25, 0.3) is 0 Å². The zero-order valence-corrected chi connectivity index (χ0v) is 10.3. The first-order chi connectivity index (χ1) is 7.60. The van der Waals surface area contributed by atoms with E-state index in [-0.39, 0.29) is 12.4 Å². The van der Waals surface area contributed by atoms with Gasteiger partial charge in [-0.2, -0.15) is 0 Å². The molecule has 1 N–H and O–H groups in total. The second-order valence-corrected chi connectivity index (χ2v) is 6.01. The Morgan fingerprint density at radius 2 is 1.75 bits per heavy atom. The highest BCUT2D eigenvalue weighted by molar-refractivity contribution is 7.91. The first-order valence-corrected chi connectivity index (χ1v) is 7.18. The monoisotopic (exact) mass is 242 g/mol. The smallest absolute Gasteiger partial charge is 0.178 e. The highest BCUT2D eigenvalue weighted by atomic mass is 32.2. The van der Waals surface area contributed by atoms with Gasteiger partial charge >= 0.3 is 0 Å². The lowest BCUT2D eigenvalue weighted by atomic mass is 10.1. The van der Waals surface area contributed by atoms with Gasteiger partial charge in [0.15, 0.2) is 9.84 Å². The van der Waals surface area contributed by atoms with Crippen LogP contribution in [0.25, 0.3) is 0 Å². The van der Waals surface area contributed by atoms with E-state index >= 15 is 0 Å². The van der Waals surface area contributed by atoms with Crippen LogP contribution in [0.1, 0.15) is 25.3 Å². The fourth-order valence-corrected chi connectivity index (χ4v) is 2.36. The summed E-state index contributed by atoms with van der Waals surface area (Å²) in [5.41, 5.74) is 1.11. The van der Waals surface area contributed by atoms with Crippen LogP contribution in [-0.4, -0.2) is 25.9 Å². The van der Waals surface area contributed by atoms with Crippen LogP contribution < -0.4 is 0 Å². The summed E-state index contributed by atoms with van der Waals surface area (Å²) in [7, 11) is -3.08. The van der Waals surface area contributed by atoms with Crippen LogP contribution in [0.15, 0.2) is 29.2 Å². The SMILES string of the molecule is CCS(=O)(=O)c1ccc(CCCCO)cc1. The maximum Gasteiger partial charge on any atom is 0.178 e. The fourth-order valence-electron chi connectivity index (χ4n) is 1.47. The lowest BCUT2D eigenvalue weighted by Gasteiger charge is -2.03. The molecule has 16 heavy (non-hydrogen) atoms. The Labute approximate surface area is 97.0 Å². The Balaban J connectivity index is 2.68. The Bertz CT molecular complexity index is 406. The van der Waals surface area contributed by atoms with Gasteiger partial charge in [0, 0.05) is 6.61 Å². The average molecular weight is 242 g/mol. The molecule has 0 amide bonds. The summed E-state index contributed by atoms with van der Waals surface area (Å²) in [5, 5.41) is 8.65. The van der Waals surface area contributed by atoms with Crippen molar-refractivity contribution in [1.82, 2.24) is 0 Å². The molecule has 0 aliphatic heterocycles. The second-order valence-electron chi connectivity index (χ2n) is 3.73. The highest BCUT2D eigenvalue weighted by Crippen LogP contribution is 2.13. The zero-order valence-electron chi connectivity index (χ0n) is 9.52. The number of hydrogen-bond acceptors (Lipinski definition) is 3. The van der Waals surface area contributed by atoms with Crippen molar-refractivity contribution in [2.24, 2.45) is 0 Å². The minimum absolute atomic E-state index is 0.136. The van der Waals surface area contributed by atoms with Gasteiger partial charge < -0.3 is 5.11 Å². The number of aliphatic hydroxyl groups is 1. The highest BCUT2D eigenvalue weighted by Gasteiger charge is 2.10. The molecule has 0 unspecified atom stereocenters. The van der Waals surface area contributed by atoms with Crippen molar-refractivity contribution in [3.05, 3.63) is 29.8 Å². The van der Waals surface area contributed by atoms with Crippen LogP contribution in [0.4, 0.5) is 0 Å². The maximum absolute atomic E-state index is 11.5. The van der Waals surface area contributed by atoms with Crippen molar-refractivity contribution in [2.75, 3.05) is 12.4 Å². The third kappa shape index (κ3) is 3.61. The van der Waals surface area contributed by atoms with Crippen molar-refractivity contribution in [3.63, 3.8) is 0 Å². The molecule has 1 rings (SSSR count). The van der Waals surface area contributed by atoms with Gasteiger partial charge in [-0.25, -0.2) is 8.42 Å². The first kappa shape index (κ1) is 13.2. The fraction of sp³-hybridized carbons (Fsp3) is 0.500. The van der Waals surface area contributed by atoms with Crippen LogP contribution in [-0.2, 0) is 16.3 Å². The molecular formula is C12H18O3S. The summed E-state index contributed by atoms with van der Waals surface area (Å²) in [4.78, 5) is 0.390. The topological polar surface area (TPSA) is 54.4 Å². The van der Waals surface area contributed by atoms with Gasteiger partial charge in [-0.05, 0) is 37.0 Å². The summed E-state index contributed by atoms with van der Waals surface area (Å²) >= 11 is 0. The van der Waals surface area contributed by atoms with E-state index in [1.165, 1.54) is 0 Å². The Morgan fingerprint density at radius 3 is 2.25 bits per heavy atom. The number of sulfone groups is 1. The largest absolute Gasteiger partial charge is 0.396 e. The summed E-state index contributed by atoms with van der Waals surface area (Å²) < 4.78 is 23.1. The summed E-state index contributed by atoms with van der Waals surface area (Å²) in [5.74, 6) is 0.136. The van der Waals surface area contributed by atoms with Gasteiger partial charge in [0.2, 0.25) is 0 Å². The van der Waals surface area contributed by atoms with Crippen LogP contribution in [0, 0.1) is 0 Å². The minimum atomic E-state index is -3.08. The number of aliphatic hydroxyl groups excluding tert-OH is 1. The van der Waals surface area contributed by atoms with Gasteiger partial charge in [-0.1, -0.05) is 19.1 Å². The van der Waals surface area contributed by atoms with Crippen LogP contribution >= 0.6 is 0 Å². The normalized spacial score (nSPS) is 11.6. The standard InChI is InChI=1S/C12H18O3S/c1-2-16(14,15)12-8-6-11(7-9-12)5-3-4-10-13/h6-9,13H,2-5,10H2,1H3. The molecule has 0 heterocycles. The van der Waals surface area contributed by atoms with Crippen molar-refractivity contribution in [1.29, 1.82) is 0 Å². The molecule has 0 spiro atoms. The molecule has 90 valence electrons. The molecule has 0 radical (unpaired) electrons. The van der Waals surface area contributed by atoms with Gasteiger partial charge in [-0.3, -0.25) is 0 Å². The van der Waals surface area contributed by atoms with E-state index in [2.05, 4.69) is 0 Å². The molecule has 0 aromatic heterocycles. The Morgan fingerprint density at radius 1 is 1.12 bits per heavy atom. The molecule has 4 heteroatoms. The number of hydrogen-bond donors (Lipinski definition) is 1. The summed E-state index contributed by atoms with van der Waals surface area (Å²) in [6.07, 6.45) is 2.60. The lowest BCUT2D eigenvalue weighted by Crippen LogP contribution is -2.03. The van der Waals surface area contributed by atoms with Gasteiger partial charge in [0.05, 0.1) is 10.6 Å². The molecule has 0 atom stereocenters. The number of rotatable bonds is 6. The number of benzene rings is 1. The van der Waals surface area contributed by atoms with E-state index in [4.69, 9.17) is 5.11 Å². The Hall–Kier alpha value is -0.870. The second kappa shape index (κ2) is 6.01. The molecule has 1 aromatic rings. The summed E-state index contributed by atoms with van der Waals surface area (Å²) in [6.45, 7) is 1.85. The predicted octanol–water partition coefficient (Wildman–Crippen LogP) is 1.80. The van der Waals surface area contributed by atoms with Crippen LogP contribution in [0.5, 0.6) is 0 Å². The molecule has 0 aliphatic rings.